The summed E-state index contributed by atoms with van der Waals surface area (Å²) in [6, 6.07) is 5.88. The zero-order chi connectivity index (χ0) is 16.0. The van der Waals surface area contributed by atoms with Crippen molar-refractivity contribution in [3.63, 3.8) is 0 Å². The van der Waals surface area contributed by atoms with E-state index in [4.69, 9.17) is 0 Å². The minimum Gasteiger partial charge on any atom is -0.545 e. The van der Waals surface area contributed by atoms with Crippen molar-refractivity contribution in [1.82, 2.24) is 14.8 Å². The van der Waals surface area contributed by atoms with Gasteiger partial charge in [-0.2, -0.15) is 0 Å². The monoisotopic (exact) mass is 319 g/mol. The minimum atomic E-state index is -1.11. The van der Waals surface area contributed by atoms with E-state index in [0.29, 0.717) is 12.6 Å². The topological polar surface area (TPSA) is 60.3 Å². The number of benzene rings is 1. The molecule has 24 heavy (non-hydrogen) atoms. The van der Waals surface area contributed by atoms with E-state index >= 15 is 0 Å². The molecule has 122 valence electrons. The van der Waals surface area contributed by atoms with E-state index in [1.54, 1.807) is 12.1 Å². The molecule has 3 aliphatic rings. The average Bonchev–Trinajstić information content (AvgIpc) is 2.90. The normalized spacial score (nSPS) is 25.6. The van der Waals surface area contributed by atoms with Gasteiger partial charge in [-0.25, -0.2) is 0 Å². The molecule has 0 spiro atoms. The molecule has 0 saturated carbocycles. The molecular weight excluding hydrogens is 297 g/mol. The van der Waals surface area contributed by atoms with Crippen LogP contribution >= 0.6 is 0 Å². The van der Waals surface area contributed by atoms with Crippen LogP contribution in [0.3, 0.4) is 0 Å². The van der Waals surface area contributed by atoms with Crippen LogP contribution in [0, 0.1) is 5.92 Å². The Hall–Kier alpha value is -1.25. The average molecular weight is 319 g/mol. The number of carboxylic acid groups (broad SMARTS) is 1. The molecule has 3 saturated heterocycles. The van der Waals surface area contributed by atoms with E-state index in [9.17, 15) is 9.90 Å². The maximum atomic E-state index is 11.4. The van der Waals surface area contributed by atoms with E-state index in [1.165, 1.54) is 25.9 Å². The summed E-state index contributed by atoms with van der Waals surface area (Å²) in [5, 5.41) is 15.9. The number of piperidine rings is 3. The molecule has 4 heterocycles. The second-order valence-corrected chi connectivity index (χ2v) is 6.88. The Morgan fingerprint density at radius 3 is 2.71 bits per heavy atom. The summed E-state index contributed by atoms with van der Waals surface area (Å²) in [6.07, 6.45) is 4.58. The predicted octanol–water partition coefficient (Wildman–Crippen LogP) is -2.27. The molecule has 3 fully saturated rings. The van der Waals surface area contributed by atoms with Gasteiger partial charge in [0.1, 0.15) is 0 Å². The van der Waals surface area contributed by atoms with Crippen LogP contribution < -0.4 is 29.3 Å². The molecule has 6 heteroatoms. The van der Waals surface area contributed by atoms with Crippen LogP contribution in [0.4, 0.5) is 0 Å². The number of hydrogen-bond acceptors (Lipinski definition) is 4. The first-order valence-electron chi connectivity index (χ1n) is 8.37. The molecule has 0 amide bonds. The second kappa shape index (κ2) is 6.93. The fourth-order valence-electron chi connectivity index (χ4n) is 4.28. The predicted molar refractivity (Wildman–Crippen MR) is 87.0 cm³/mol. The summed E-state index contributed by atoms with van der Waals surface area (Å²) in [5.74, 6) is -0.346. The van der Waals surface area contributed by atoms with Crippen molar-refractivity contribution >= 4 is 16.9 Å². The molecule has 1 aromatic carbocycles. The Balaban J connectivity index is 0.00000169. The molecular formula is C18H22LiN3O2. The van der Waals surface area contributed by atoms with Crippen molar-refractivity contribution in [3.05, 3.63) is 35.5 Å². The molecule has 5 rings (SSSR count). The van der Waals surface area contributed by atoms with Crippen LogP contribution in [0.1, 0.15) is 28.8 Å². The van der Waals surface area contributed by atoms with Crippen molar-refractivity contribution in [2.75, 3.05) is 19.6 Å². The molecule has 1 atom stereocenters. The summed E-state index contributed by atoms with van der Waals surface area (Å²) in [6.45, 7) is 4.28. The summed E-state index contributed by atoms with van der Waals surface area (Å²) in [5.41, 5.74) is 2.27. The van der Waals surface area contributed by atoms with Gasteiger partial charge in [-0.15, -0.1) is 0 Å². The van der Waals surface area contributed by atoms with E-state index in [2.05, 4.69) is 10.2 Å². The first-order valence-corrected chi connectivity index (χ1v) is 8.37. The number of rotatable bonds is 4. The Labute approximate surface area is 154 Å². The van der Waals surface area contributed by atoms with Gasteiger partial charge in [0, 0.05) is 48.8 Å². The molecule has 3 aliphatic heterocycles. The Morgan fingerprint density at radius 1 is 1.33 bits per heavy atom. The van der Waals surface area contributed by atoms with Crippen LogP contribution in [-0.2, 0) is 13.6 Å². The molecule has 1 aromatic heterocycles. The van der Waals surface area contributed by atoms with Crippen LogP contribution in [-0.4, -0.2) is 41.1 Å². The number of nitrogens with one attached hydrogen (secondary N) is 1. The zero-order valence-electron chi connectivity index (χ0n) is 14.4. The maximum absolute atomic E-state index is 11.4. The van der Waals surface area contributed by atoms with Crippen molar-refractivity contribution in [3.8, 4) is 0 Å². The molecule has 2 bridgehead atoms. The first-order chi connectivity index (χ1) is 11.1. The number of hydrogen-bond donors (Lipinski definition) is 1. The van der Waals surface area contributed by atoms with E-state index in [-0.39, 0.29) is 24.4 Å². The largest absolute Gasteiger partial charge is 1.00 e. The molecule has 1 N–H and O–H groups in total. The number of aryl methyl sites for hydroxylation is 1. The van der Waals surface area contributed by atoms with Gasteiger partial charge in [0.2, 0.25) is 0 Å². The van der Waals surface area contributed by atoms with Crippen LogP contribution in [0.5, 0.6) is 0 Å². The van der Waals surface area contributed by atoms with Gasteiger partial charge in [0.25, 0.3) is 0 Å². The SMILES string of the molecule is Cn1cc(CN[C@@H]2CN3CCC2CC3)c2c(C(=O)[O-])cccc21.[Li+]. The quantitative estimate of drug-likeness (QED) is 0.646. The third kappa shape index (κ3) is 3.02. The van der Waals surface area contributed by atoms with Crippen molar-refractivity contribution in [1.29, 1.82) is 0 Å². The van der Waals surface area contributed by atoms with Gasteiger partial charge >= 0.3 is 18.9 Å². The van der Waals surface area contributed by atoms with Crippen LogP contribution in [0.2, 0.25) is 0 Å². The summed E-state index contributed by atoms with van der Waals surface area (Å²) >= 11 is 0. The summed E-state index contributed by atoms with van der Waals surface area (Å²) in [4.78, 5) is 14.0. The molecule has 0 radical (unpaired) electrons. The number of fused-ring (bicyclic) bond motifs is 4. The van der Waals surface area contributed by atoms with Gasteiger partial charge in [-0.1, -0.05) is 12.1 Å². The van der Waals surface area contributed by atoms with Gasteiger partial charge in [0.15, 0.2) is 0 Å². The zero-order valence-corrected chi connectivity index (χ0v) is 14.4. The standard InChI is InChI=1S/C18H23N3O2.Li/c1-20-10-13(17-14(18(22)23)3-2-4-16(17)20)9-19-15-11-21-7-5-12(15)6-8-21;/h2-4,10,12,15,19H,5-9,11H2,1H3,(H,22,23);/q;+1/p-1/t15-;/m1./s1. The third-order valence-electron chi connectivity index (χ3n) is 5.52. The van der Waals surface area contributed by atoms with Gasteiger partial charge < -0.3 is 24.7 Å². The number of aromatic carboxylic acids is 1. The number of carbonyl (C=O) groups is 1. The smallest absolute Gasteiger partial charge is 0.545 e. The molecule has 0 aliphatic carbocycles. The Bertz CT molecular complexity index is 750. The van der Waals surface area contributed by atoms with E-state index in [0.717, 1.165) is 28.9 Å². The van der Waals surface area contributed by atoms with Gasteiger partial charge in [-0.05, 0) is 43.5 Å². The van der Waals surface area contributed by atoms with Crippen LogP contribution in [0.25, 0.3) is 10.9 Å². The van der Waals surface area contributed by atoms with Gasteiger partial charge in [-0.3, -0.25) is 0 Å². The van der Waals surface area contributed by atoms with Crippen molar-refractivity contribution in [2.24, 2.45) is 13.0 Å². The Morgan fingerprint density at radius 2 is 2.08 bits per heavy atom. The second-order valence-electron chi connectivity index (χ2n) is 6.88. The number of carbonyl (C=O) groups excluding carboxylic acids is 1. The first kappa shape index (κ1) is 17.6. The number of carboxylic acids is 1. The summed E-state index contributed by atoms with van der Waals surface area (Å²) < 4.78 is 2.00. The van der Waals surface area contributed by atoms with E-state index in [1.807, 2.05) is 23.9 Å². The number of aromatic nitrogens is 1. The van der Waals surface area contributed by atoms with E-state index < -0.39 is 5.97 Å². The van der Waals surface area contributed by atoms with Crippen molar-refractivity contribution < 1.29 is 28.8 Å². The fourth-order valence-corrected chi connectivity index (χ4v) is 4.28. The maximum Gasteiger partial charge on any atom is 1.00 e. The van der Waals surface area contributed by atoms with Crippen LogP contribution in [0.15, 0.2) is 24.4 Å². The number of nitrogens with zero attached hydrogens (tertiary/aromatic N) is 2. The third-order valence-corrected chi connectivity index (χ3v) is 5.52. The molecule has 2 aromatic rings. The Kier molecular flexibility index (Phi) is 5.07. The minimum absolute atomic E-state index is 0. The van der Waals surface area contributed by atoms with Gasteiger partial charge in [0.05, 0.1) is 5.97 Å². The molecule has 5 nitrogen and oxygen atoms in total. The summed E-state index contributed by atoms with van der Waals surface area (Å²) in [7, 11) is 1.96. The molecule has 0 unspecified atom stereocenters. The fraction of sp³-hybridized carbons (Fsp3) is 0.500. The van der Waals surface area contributed by atoms with Crippen molar-refractivity contribution in [2.45, 2.75) is 25.4 Å².